The van der Waals surface area contributed by atoms with E-state index < -0.39 is 0 Å². The Kier molecular flexibility index (Phi) is 2.81. The molecule has 0 aliphatic heterocycles. The van der Waals surface area contributed by atoms with E-state index in [-0.39, 0.29) is 5.82 Å². The maximum absolute atomic E-state index is 14.6. The van der Waals surface area contributed by atoms with Gasteiger partial charge in [0, 0.05) is 11.1 Å². The predicted molar refractivity (Wildman–Crippen MR) is 82.5 cm³/mol. The van der Waals surface area contributed by atoms with Crippen LogP contribution in [0, 0.1) is 5.82 Å². The first kappa shape index (κ1) is 12.3. The van der Waals surface area contributed by atoms with E-state index in [1.807, 2.05) is 60.7 Å². The number of halogens is 1. The standard InChI is InChI=1S/C19H14FN/c20-17-15-11-12-16(15)18(13-7-3-1-4-8-13)21-19(17)14-9-5-2-6-10-14/h1-10H,11-12H2. The highest BCUT2D eigenvalue weighted by Gasteiger charge is 2.26. The second kappa shape index (κ2) is 4.81. The second-order valence-corrected chi connectivity index (χ2v) is 5.31. The van der Waals surface area contributed by atoms with Crippen molar-refractivity contribution >= 4 is 0 Å². The van der Waals surface area contributed by atoms with Gasteiger partial charge in [0.1, 0.15) is 5.69 Å². The van der Waals surface area contributed by atoms with Crippen molar-refractivity contribution in [2.75, 3.05) is 0 Å². The highest BCUT2D eigenvalue weighted by molar-refractivity contribution is 5.73. The minimum absolute atomic E-state index is 0.151. The lowest BCUT2D eigenvalue weighted by Crippen LogP contribution is -2.16. The van der Waals surface area contributed by atoms with E-state index in [4.69, 9.17) is 0 Å². The quantitative estimate of drug-likeness (QED) is 0.663. The zero-order chi connectivity index (χ0) is 14.2. The molecule has 0 bridgehead atoms. The number of aromatic nitrogens is 1. The molecule has 0 amide bonds. The molecule has 1 heterocycles. The molecule has 2 heteroatoms. The summed E-state index contributed by atoms with van der Waals surface area (Å²) in [5.41, 5.74) is 5.19. The Morgan fingerprint density at radius 2 is 1.19 bits per heavy atom. The van der Waals surface area contributed by atoms with Gasteiger partial charge in [0.05, 0.1) is 5.69 Å². The molecule has 0 N–H and O–H groups in total. The number of benzene rings is 2. The van der Waals surface area contributed by atoms with Crippen molar-refractivity contribution in [3.05, 3.63) is 77.6 Å². The van der Waals surface area contributed by atoms with Crippen LogP contribution in [0.25, 0.3) is 22.5 Å². The molecule has 0 fully saturated rings. The van der Waals surface area contributed by atoms with Gasteiger partial charge in [-0.05, 0) is 24.0 Å². The summed E-state index contributed by atoms with van der Waals surface area (Å²) in [6.45, 7) is 0. The first-order valence-electron chi connectivity index (χ1n) is 7.16. The topological polar surface area (TPSA) is 12.9 Å². The number of hydrogen-bond acceptors (Lipinski definition) is 1. The molecule has 1 aliphatic carbocycles. The van der Waals surface area contributed by atoms with E-state index in [1.54, 1.807) is 0 Å². The highest BCUT2D eigenvalue weighted by Crippen LogP contribution is 2.37. The lowest BCUT2D eigenvalue weighted by molar-refractivity contribution is 0.586. The van der Waals surface area contributed by atoms with Crippen LogP contribution in [0.3, 0.4) is 0 Å². The van der Waals surface area contributed by atoms with Crippen molar-refractivity contribution in [1.82, 2.24) is 4.98 Å². The monoisotopic (exact) mass is 275 g/mol. The van der Waals surface area contributed by atoms with Crippen LogP contribution in [0.4, 0.5) is 4.39 Å². The molecule has 0 radical (unpaired) electrons. The summed E-state index contributed by atoms with van der Waals surface area (Å²) >= 11 is 0. The maximum atomic E-state index is 14.6. The zero-order valence-electron chi connectivity index (χ0n) is 11.5. The first-order chi connectivity index (χ1) is 10.3. The van der Waals surface area contributed by atoms with Gasteiger partial charge in [0.15, 0.2) is 5.82 Å². The van der Waals surface area contributed by atoms with Crippen LogP contribution in [0.15, 0.2) is 60.7 Å². The van der Waals surface area contributed by atoms with Crippen LogP contribution in [-0.4, -0.2) is 4.98 Å². The summed E-state index contributed by atoms with van der Waals surface area (Å²) in [7, 11) is 0. The average molecular weight is 275 g/mol. The highest BCUT2D eigenvalue weighted by atomic mass is 19.1. The van der Waals surface area contributed by atoms with E-state index >= 15 is 0 Å². The van der Waals surface area contributed by atoms with Gasteiger partial charge >= 0.3 is 0 Å². The third kappa shape index (κ3) is 1.95. The second-order valence-electron chi connectivity index (χ2n) is 5.31. The zero-order valence-corrected chi connectivity index (χ0v) is 11.5. The molecule has 0 saturated carbocycles. The van der Waals surface area contributed by atoms with Crippen molar-refractivity contribution in [1.29, 1.82) is 0 Å². The fraction of sp³-hybridized carbons (Fsp3) is 0.105. The van der Waals surface area contributed by atoms with Crippen LogP contribution in [0.5, 0.6) is 0 Å². The Balaban J connectivity index is 1.96. The van der Waals surface area contributed by atoms with Crippen LogP contribution >= 0.6 is 0 Å². The number of pyridine rings is 1. The summed E-state index contributed by atoms with van der Waals surface area (Å²) in [4.78, 5) is 4.65. The van der Waals surface area contributed by atoms with Gasteiger partial charge in [-0.15, -0.1) is 0 Å². The molecule has 1 aromatic heterocycles. The fourth-order valence-corrected chi connectivity index (χ4v) is 2.87. The van der Waals surface area contributed by atoms with E-state index in [1.165, 1.54) is 0 Å². The van der Waals surface area contributed by atoms with Crippen LogP contribution < -0.4 is 0 Å². The molecule has 21 heavy (non-hydrogen) atoms. The number of hydrogen-bond donors (Lipinski definition) is 0. The van der Waals surface area contributed by atoms with E-state index in [0.29, 0.717) is 5.69 Å². The summed E-state index contributed by atoms with van der Waals surface area (Å²) in [5, 5.41) is 0. The minimum Gasteiger partial charge on any atom is -0.244 e. The van der Waals surface area contributed by atoms with Gasteiger partial charge < -0.3 is 0 Å². The van der Waals surface area contributed by atoms with Crippen LogP contribution in [0.1, 0.15) is 11.1 Å². The van der Waals surface area contributed by atoms with Crippen molar-refractivity contribution in [2.45, 2.75) is 12.8 Å². The van der Waals surface area contributed by atoms with Gasteiger partial charge in [-0.1, -0.05) is 60.7 Å². The molecule has 2 aromatic carbocycles. The van der Waals surface area contributed by atoms with E-state index in [9.17, 15) is 4.39 Å². The minimum atomic E-state index is -0.151. The third-order valence-corrected chi connectivity index (χ3v) is 4.07. The molecule has 0 unspecified atom stereocenters. The lowest BCUT2D eigenvalue weighted by atomic mass is 9.84. The SMILES string of the molecule is Fc1c(-c2ccccc2)nc(-c2ccccc2)c2c1CC2. The third-order valence-electron chi connectivity index (χ3n) is 4.07. The van der Waals surface area contributed by atoms with Crippen LogP contribution in [0.2, 0.25) is 0 Å². The van der Waals surface area contributed by atoms with E-state index in [0.717, 1.165) is 40.8 Å². The molecule has 0 saturated heterocycles. The molecular weight excluding hydrogens is 261 g/mol. The van der Waals surface area contributed by atoms with Crippen molar-refractivity contribution in [3.8, 4) is 22.5 Å². The van der Waals surface area contributed by atoms with Crippen molar-refractivity contribution in [3.63, 3.8) is 0 Å². The molecule has 1 aliphatic rings. The lowest BCUT2D eigenvalue weighted by Gasteiger charge is -2.24. The van der Waals surface area contributed by atoms with Gasteiger partial charge in [-0.3, -0.25) is 0 Å². The Labute approximate surface area is 123 Å². The Bertz CT molecular complexity index is 737. The predicted octanol–water partition coefficient (Wildman–Crippen LogP) is 4.65. The smallest absolute Gasteiger partial charge is 0.152 e. The van der Waals surface area contributed by atoms with Gasteiger partial charge in [-0.2, -0.15) is 0 Å². The summed E-state index contributed by atoms with van der Waals surface area (Å²) in [5.74, 6) is -0.151. The van der Waals surface area contributed by atoms with Crippen molar-refractivity contribution in [2.24, 2.45) is 0 Å². The molecule has 1 nitrogen and oxygen atoms in total. The number of rotatable bonds is 2. The van der Waals surface area contributed by atoms with Gasteiger partial charge in [-0.25, -0.2) is 9.37 Å². The molecule has 3 aromatic rings. The first-order valence-corrected chi connectivity index (χ1v) is 7.16. The Hall–Kier alpha value is -2.48. The molecule has 0 spiro atoms. The largest absolute Gasteiger partial charge is 0.244 e. The number of fused-ring (bicyclic) bond motifs is 1. The molecular formula is C19H14FN. The molecule has 0 atom stereocenters. The fourth-order valence-electron chi connectivity index (χ4n) is 2.87. The van der Waals surface area contributed by atoms with E-state index in [2.05, 4.69) is 4.98 Å². The normalized spacial score (nSPS) is 12.6. The Morgan fingerprint density at radius 1 is 0.667 bits per heavy atom. The van der Waals surface area contributed by atoms with Crippen molar-refractivity contribution < 1.29 is 4.39 Å². The summed E-state index contributed by atoms with van der Waals surface area (Å²) < 4.78 is 14.6. The molecule has 4 rings (SSSR count). The average Bonchev–Trinajstić information content (AvgIpc) is 2.50. The summed E-state index contributed by atoms with van der Waals surface area (Å²) in [6.07, 6.45) is 1.72. The van der Waals surface area contributed by atoms with Gasteiger partial charge in [0.25, 0.3) is 0 Å². The van der Waals surface area contributed by atoms with Gasteiger partial charge in [0.2, 0.25) is 0 Å². The maximum Gasteiger partial charge on any atom is 0.152 e. The van der Waals surface area contributed by atoms with Crippen LogP contribution in [-0.2, 0) is 12.8 Å². The Morgan fingerprint density at radius 3 is 1.71 bits per heavy atom. The molecule has 102 valence electrons. The number of nitrogens with zero attached hydrogens (tertiary/aromatic N) is 1. The summed E-state index contributed by atoms with van der Waals surface area (Å²) in [6, 6.07) is 19.6.